The zero-order valence-electron chi connectivity index (χ0n) is 21.7. The summed E-state index contributed by atoms with van der Waals surface area (Å²) in [6.07, 6.45) is 1.01. The zero-order chi connectivity index (χ0) is 26.2. The van der Waals surface area contributed by atoms with Crippen molar-refractivity contribution < 1.29 is 23.7 Å². The Morgan fingerprint density at radius 2 is 1.65 bits per heavy atom. The first-order valence-corrected chi connectivity index (χ1v) is 12.2. The molecule has 0 saturated heterocycles. The zero-order valence-corrected chi connectivity index (χ0v) is 21.7. The lowest BCUT2D eigenvalue weighted by Crippen LogP contribution is -2.30. The number of amides is 1. The predicted molar refractivity (Wildman–Crippen MR) is 143 cm³/mol. The Balaban J connectivity index is 1.41. The van der Waals surface area contributed by atoms with E-state index in [1.807, 2.05) is 67.6 Å². The van der Waals surface area contributed by atoms with Gasteiger partial charge in [-0.25, -0.2) is 4.98 Å². The Morgan fingerprint density at radius 1 is 0.919 bits per heavy atom. The highest BCUT2D eigenvalue weighted by Gasteiger charge is 2.19. The molecule has 0 aliphatic heterocycles. The van der Waals surface area contributed by atoms with E-state index in [9.17, 15) is 4.79 Å². The van der Waals surface area contributed by atoms with Crippen LogP contribution in [0, 0.1) is 0 Å². The minimum absolute atomic E-state index is 0.0961. The van der Waals surface area contributed by atoms with Crippen molar-refractivity contribution >= 4 is 16.9 Å². The van der Waals surface area contributed by atoms with Gasteiger partial charge in [0, 0.05) is 6.54 Å². The lowest BCUT2D eigenvalue weighted by Gasteiger charge is -2.17. The maximum Gasteiger partial charge on any atom is 0.224 e. The molecule has 1 atom stereocenters. The number of para-hydroxylation sites is 2. The molecule has 3 aromatic carbocycles. The molecule has 0 spiro atoms. The van der Waals surface area contributed by atoms with Crippen molar-refractivity contribution in [2.24, 2.45) is 0 Å². The van der Waals surface area contributed by atoms with E-state index in [0.29, 0.717) is 24.7 Å². The summed E-state index contributed by atoms with van der Waals surface area (Å²) in [6.45, 7) is 3.22. The number of carbonyl (C=O) groups excluding carboxylic acids is 1. The molecular weight excluding hydrogens is 470 g/mol. The third-order valence-corrected chi connectivity index (χ3v) is 6.12. The van der Waals surface area contributed by atoms with Crippen LogP contribution in [0.15, 0.2) is 66.7 Å². The monoisotopic (exact) mass is 503 g/mol. The number of hydrogen-bond donors (Lipinski definition) is 1. The van der Waals surface area contributed by atoms with Crippen molar-refractivity contribution in [2.75, 3.05) is 27.9 Å². The van der Waals surface area contributed by atoms with Crippen LogP contribution in [0.4, 0.5) is 0 Å². The van der Waals surface area contributed by atoms with Crippen LogP contribution in [-0.2, 0) is 17.8 Å². The number of rotatable bonds is 12. The molecule has 1 aromatic heterocycles. The summed E-state index contributed by atoms with van der Waals surface area (Å²) in [5.41, 5.74) is 2.77. The minimum Gasteiger partial charge on any atom is -0.497 e. The largest absolute Gasteiger partial charge is 0.497 e. The van der Waals surface area contributed by atoms with Gasteiger partial charge in [-0.15, -0.1) is 0 Å². The van der Waals surface area contributed by atoms with Crippen LogP contribution in [0.2, 0.25) is 0 Å². The first kappa shape index (κ1) is 25.9. The summed E-state index contributed by atoms with van der Waals surface area (Å²) < 4.78 is 23.9. The summed E-state index contributed by atoms with van der Waals surface area (Å²) in [4.78, 5) is 17.7. The molecule has 194 valence electrons. The Bertz CT molecular complexity index is 1330. The van der Waals surface area contributed by atoms with Crippen molar-refractivity contribution in [3.8, 4) is 23.0 Å². The number of methoxy groups -OCH3 is 3. The number of ether oxygens (including phenoxy) is 4. The Morgan fingerprint density at radius 3 is 2.38 bits per heavy atom. The minimum atomic E-state index is -0.275. The fourth-order valence-corrected chi connectivity index (χ4v) is 4.28. The van der Waals surface area contributed by atoms with E-state index >= 15 is 0 Å². The van der Waals surface area contributed by atoms with Gasteiger partial charge in [-0.3, -0.25) is 4.79 Å². The number of carbonyl (C=O) groups is 1. The van der Waals surface area contributed by atoms with E-state index in [-0.39, 0.29) is 18.4 Å². The third kappa shape index (κ3) is 6.33. The molecule has 1 amide bonds. The van der Waals surface area contributed by atoms with Crippen LogP contribution >= 0.6 is 0 Å². The molecular formula is C29H33N3O5. The number of benzene rings is 3. The van der Waals surface area contributed by atoms with Crippen LogP contribution in [0.3, 0.4) is 0 Å². The second-order valence-corrected chi connectivity index (χ2v) is 8.64. The SMILES string of the molecule is COc1ccc(OCCCn2c(C(C)NC(=O)Cc3ccc(OC)c(OC)c3)nc3ccccc32)cc1. The van der Waals surface area contributed by atoms with E-state index in [1.165, 1.54) is 0 Å². The van der Waals surface area contributed by atoms with Gasteiger partial charge in [0.1, 0.15) is 17.3 Å². The maximum absolute atomic E-state index is 12.9. The summed E-state index contributed by atoms with van der Waals surface area (Å²) in [5.74, 6) is 3.54. The highest BCUT2D eigenvalue weighted by molar-refractivity contribution is 5.80. The molecule has 0 aliphatic carbocycles. The summed E-state index contributed by atoms with van der Waals surface area (Å²) >= 11 is 0. The number of imidazole rings is 1. The third-order valence-electron chi connectivity index (χ3n) is 6.12. The van der Waals surface area contributed by atoms with E-state index in [4.69, 9.17) is 23.9 Å². The van der Waals surface area contributed by atoms with E-state index in [0.717, 1.165) is 40.3 Å². The Labute approximate surface area is 217 Å². The molecule has 0 aliphatic rings. The predicted octanol–water partition coefficient (Wildman–Crippen LogP) is 4.95. The quantitative estimate of drug-likeness (QED) is 0.276. The number of aromatic nitrogens is 2. The average Bonchev–Trinajstić information content (AvgIpc) is 3.30. The van der Waals surface area contributed by atoms with Gasteiger partial charge in [-0.05, 0) is 67.4 Å². The van der Waals surface area contributed by atoms with Crippen LogP contribution in [-0.4, -0.2) is 43.4 Å². The van der Waals surface area contributed by atoms with Crippen molar-refractivity contribution in [3.63, 3.8) is 0 Å². The van der Waals surface area contributed by atoms with Gasteiger partial charge in [0.25, 0.3) is 0 Å². The molecule has 0 saturated carbocycles. The van der Waals surface area contributed by atoms with Gasteiger partial charge in [-0.2, -0.15) is 0 Å². The number of hydrogen-bond acceptors (Lipinski definition) is 6. The second kappa shape index (κ2) is 12.2. The number of fused-ring (bicyclic) bond motifs is 1. The van der Waals surface area contributed by atoms with Crippen molar-refractivity contribution in [1.29, 1.82) is 0 Å². The molecule has 0 bridgehead atoms. The van der Waals surface area contributed by atoms with Gasteiger partial charge in [0.15, 0.2) is 11.5 Å². The molecule has 1 heterocycles. The highest BCUT2D eigenvalue weighted by atomic mass is 16.5. The molecule has 0 radical (unpaired) electrons. The lowest BCUT2D eigenvalue weighted by molar-refractivity contribution is -0.121. The van der Waals surface area contributed by atoms with Crippen molar-refractivity contribution in [2.45, 2.75) is 32.4 Å². The van der Waals surface area contributed by atoms with E-state index in [2.05, 4.69) is 9.88 Å². The van der Waals surface area contributed by atoms with Crippen LogP contribution in [0.1, 0.15) is 30.8 Å². The van der Waals surface area contributed by atoms with Gasteiger partial charge < -0.3 is 28.8 Å². The van der Waals surface area contributed by atoms with Gasteiger partial charge in [-0.1, -0.05) is 18.2 Å². The van der Waals surface area contributed by atoms with Crippen molar-refractivity contribution in [1.82, 2.24) is 14.9 Å². The fraction of sp³-hybridized carbons (Fsp3) is 0.310. The van der Waals surface area contributed by atoms with E-state index in [1.54, 1.807) is 27.4 Å². The molecule has 1 N–H and O–H groups in total. The fourth-order valence-electron chi connectivity index (χ4n) is 4.28. The maximum atomic E-state index is 12.9. The van der Waals surface area contributed by atoms with Crippen LogP contribution in [0.25, 0.3) is 11.0 Å². The second-order valence-electron chi connectivity index (χ2n) is 8.64. The smallest absolute Gasteiger partial charge is 0.224 e. The highest BCUT2D eigenvalue weighted by Crippen LogP contribution is 2.28. The first-order valence-electron chi connectivity index (χ1n) is 12.2. The molecule has 1 unspecified atom stereocenters. The summed E-state index contributed by atoms with van der Waals surface area (Å²) in [6, 6.07) is 20.8. The topological polar surface area (TPSA) is 83.8 Å². The molecule has 37 heavy (non-hydrogen) atoms. The Hall–Kier alpha value is -4.20. The lowest BCUT2D eigenvalue weighted by atomic mass is 10.1. The number of aryl methyl sites for hydroxylation is 1. The van der Waals surface area contributed by atoms with Gasteiger partial charge in [0.2, 0.25) is 5.91 Å². The van der Waals surface area contributed by atoms with Crippen LogP contribution < -0.4 is 24.3 Å². The first-order chi connectivity index (χ1) is 18.0. The Kier molecular flexibility index (Phi) is 8.51. The molecule has 4 rings (SSSR count). The normalized spacial score (nSPS) is 11.7. The van der Waals surface area contributed by atoms with Crippen LogP contribution in [0.5, 0.6) is 23.0 Å². The molecule has 4 aromatic rings. The van der Waals surface area contributed by atoms with Crippen molar-refractivity contribution in [3.05, 3.63) is 78.1 Å². The molecule has 8 nitrogen and oxygen atoms in total. The molecule has 0 fully saturated rings. The summed E-state index contributed by atoms with van der Waals surface area (Å²) in [5, 5.41) is 3.10. The standard InChI is InChI=1S/C29H33N3O5/c1-20(30-28(33)19-21-10-15-26(35-3)27(18-21)36-4)29-31-24-8-5-6-9-25(24)32(29)16-7-17-37-23-13-11-22(34-2)12-14-23/h5-6,8-15,18,20H,7,16-17,19H2,1-4H3,(H,30,33). The summed E-state index contributed by atoms with van der Waals surface area (Å²) in [7, 11) is 4.81. The van der Waals surface area contributed by atoms with Gasteiger partial charge in [0.05, 0.1) is 51.4 Å². The number of nitrogens with one attached hydrogen (secondary N) is 1. The number of nitrogens with zero attached hydrogens (tertiary/aromatic N) is 2. The molecule has 8 heteroatoms. The average molecular weight is 504 g/mol. The van der Waals surface area contributed by atoms with E-state index < -0.39 is 0 Å². The van der Waals surface area contributed by atoms with Gasteiger partial charge >= 0.3 is 0 Å².